The van der Waals surface area contributed by atoms with Crippen molar-refractivity contribution in [3.05, 3.63) is 35.4 Å². The molecule has 1 aromatic rings. The van der Waals surface area contributed by atoms with Gasteiger partial charge in [0.25, 0.3) is 0 Å². The molecule has 2 heterocycles. The first kappa shape index (κ1) is 11.1. The van der Waals surface area contributed by atoms with E-state index in [0.717, 1.165) is 18.6 Å². The molecular weight excluding hydrogens is 210 g/mol. The number of hydrogen-bond acceptors (Lipinski definition) is 2. The van der Waals surface area contributed by atoms with E-state index in [1.54, 1.807) is 0 Å². The third-order valence-electron chi connectivity index (χ3n) is 3.85. The molecule has 91 valence electrons. The van der Waals surface area contributed by atoms with Gasteiger partial charge in [0.05, 0.1) is 0 Å². The zero-order valence-corrected chi connectivity index (χ0v) is 10.6. The first-order chi connectivity index (χ1) is 8.20. The third-order valence-corrected chi connectivity index (χ3v) is 3.85. The standard InChI is InChI=1S/C15H20NO/c1-10-3-6-15(11(2)7-10)17-14-8-12-4-5-13(9-14)16-12/h3,6-7,12,14,16H,4-5,8-9H2,1-2H3. The summed E-state index contributed by atoms with van der Waals surface area (Å²) in [6.45, 7) is 4.25. The monoisotopic (exact) mass is 230 g/mol. The molecule has 0 saturated carbocycles. The van der Waals surface area contributed by atoms with E-state index in [9.17, 15) is 0 Å². The minimum atomic E-state index is 0.375. The summed E-state index contributed by atoms with van der Waals surface area (Å²) in [7, 11) is 0. The van der Waals surface area contributed by atoms with E-state index >= 15 is 0 Å². The van der Waals surface area contributed by atoms with Gasteiger partial charge in [0.2, 0.25) is 0 Å². The molecule has 2 saturated heterocycles. The Hall–Kier alpha value is -1.02. The van der Waals surface area contributed by atoms with Crippen LogP contribution < -0.4 is 10.1 Å². The second-order valence-corrected chi connectivity index (χ2v) is 5.43. The predicted octanol–water partition coefficient (Wildman–Crippen LogP) is 3.13. The van der Waals surface area contributed by atoms with Gasteiger partial charge in [-0.1, -0.05) is 17.7 Å². The van der Waals surface area contributed by atoms with Gasteiger partial charge in [-0.25, -0.2) is 0 Å². The highest BCUT2D eigenvalue weighted by Crippen LogP contribution is 2.34. The normalized spacial score (nSPS) is 28.4. The highest BCUT2D eigenvalue weighted by molar-refractivity contribution is 5.36. The number of fused-ring (bicyclic) bond motifs is 2. The van der Waals surface area contributed by atoms with E-state index in [4.69, 9.17) is 4.74 Å². The van der Waals surface area contributed by atoms with Gasteiger partial charge in [0.15, 0.2) is 0 Å². The summed E-state index contributed by atoms with van der Waals surface area (Å²) in [6, 6.07) is 8.59. The Balaban J connectivity index is 1.70. The fraction of sp³-hybridized carbons (Fsp3) is 0.533. The molecule has 2 aliphatic rings. The van der Waals surface area contributed by atoms with Gasteiger partial charge < -0.3 is 10.1 Å². The Morgan fingerprint density at radius 1 is 1.29 bits per heavy atom. The lowest BCUT2D eigenvalue weighted by atomic mass is 10.0. The van der Waals surface area contributed by atoms with E-state index < -0.39 is 0 Å². The molecule has 2 bridgehead atoms. The Morgan fingerprint density at radius 2 is 2.18 bits per heavy atom. The Labute approximate surface area is 103 Å². The maximum absolute atomic E-state index is 6.16. The second-order valence-electron chi connectivity index (χ2n) is 5.43. The van der Waals surface area contributed by atoms with Crippen LogP contribution in [0.2, 0.25) is 0 Å². The number of nitrogens with one attached hydrogen (secondary N) is 1. The van der Waals surface area contributed by atoms with Crippen molar-refractivity contribution in [3.63, 3.8) is 0 Å². The Morgan fingerprint density at radius 3 is 2.94 bits per heavy atom. The van der Waals surface area contributed by atoms with Gasteiger partial charge in [-0.2, -0.15) is 0 Å². The van der Waals surface area contributed by atoms with Crippen LogP contribution in [0.15, 0.2) is 18.2 Å². The number of hydrogen-bond donors (Lipinski definition) is 1. The fourth-order valence-electron chi connectivity index (χ4n) is 3.00. The highest BCUT2D eigenvalue weighted by atomic mass is 16.5. The van der Waals surface area contributed by atoms with Gasteiger partial charge >= 0.3 is 0 Å². The highest BCUT2D eigenvalue weighted by Gasteiger charge is 2.35. The maximum Gasteiger partial charge on any atom is 0.122 e. The molecule has 2 fully saturated rings. The average molecular weight is 230 g/mol. The summed E-state index contributed by atoms with van der Waals surface area (Å²) < 4.78 is 6.16. The van der Waals surface area contributed by atoms with Gasteiger partial charge in [0, 0.05) is 18.5 Å². The number of benzene rings is 1. The Bertz CT molecular complexity index is 403. The molecule has 0 aliphatic carbocycles. The molecular formula is C15H20NO. The fourth-order valence-corrected chi connectivity index (χ4v) is 3.00. The van der Waals surface area contributed by atoms with E-state index in [1.807, 2.05) is 0 Å². The molecule has 1 aromatic carbocycles. The van der Waals surface area contributed by atoms with Crippen LogP contribution >= 0.6 is 0 Å². The van der Waals surface area contributed by atoms with E-state index in [1.165, 1.54) is 30.0 Å². The van der Waals surface area contributed by atoms with Crippen molar-refractivity contribution in [3.8, 4) is 5.75 Å². The number of aryl methyl sites for hydroxylation is 2. The molecule has 0 aromatic heterocycles. The summed E-state index contributed by atoms with van der Waals surface area (Å²) in [4.78, 5) is 0. The molecule has 2 nitrogen and oxygen atoms in total. The van der Waals surface area contributed by atoms with Crippen LogP contribution in [0.5, 0.6) is 5.75 Å². The molecule has 0 amide bonds. The zero-order chi connectivity index (χ0) is 11.8. The van der Waals surface area contributed by atoms with Crippen LogP contribution in [0.3, 0.4) is 0 Å². The van der Waals surface area contributed by atoms with Gasteiger partial charge in [-0.05, 0) is 44.7 Å². The molecule has 2 unspecified atom stereocenters. The average Bonchev–Trinajstić information content (AvgIpc) is 2.62. The minimum absolute atomic E-state index is 0.375. The topological polar surface area (TPSA) is 21.3 Å². The lowest BCUT2D eigenvalue weighted by molar-refractivity contribution is 0.154. The van der Waals surface area contributed by atoms with Crippen LogP contribution in [0.25, 0.3) is 0 Å². The molecule has 17 heavy (non-hydrogen) atoms. The van der Waals surface area contributed by atoms with Crippen molar-refractivity contribution in [2.45, 2.75) is 51.7 Å². The second kappa shape index (κ2) is 4.34. The summed E-state index contributed by atoms with van der Waals surface area (Å²) in [5.41, 5.74) is 2.55. The molecule has 1 N–H and O–H groups in total. The van der Waals surface area contributed by atoms with Gasteiger partial charge in [-0.3, -0.25) is 0 Å². The van der Waals surface area contributed by atoms with Crippen molar-refractivity contribution in [2.75, 3.05) is 0 Å². The van der Waals surface area contributed by atoms with Crippen LogP contribution in [0.1, 0.15) is 36.8 Å². The van der Waals surface area contributed by atoms with Crippen LogP contribution in [0, 0.1) is 19.9 Å². The zero-order valence-electron chi connectivity index (χ0n) is 10.6. The lowest BCUT2D eigenvalue weighted by Crippen LogP contribution is -2.38. The van der Waals surface area contributed by atoms with Crippen molar-refractivity contribution in [2.24, 2.45) is 0 Å². The van der Waals surface area contributed by atoms with Crippen molar-refractivity contribution >= 4 is 0 Å². The van der Waals surface area contributed by atoms with Gasteiger partial charge in [-0.15, -0.1) is 0 Å². The summed E-state index contributed by atoms with van der Waals surface area (Å²) in [5.74, 6) is 1.06. The SMILES string of the molecule is Cc1ccc(OC2C[C]3CCC(C2)N3)c(C)c1. The van der Waals surface area contributed by atoms with Crippen molar-refractivity contribution < 1.29 is 4.74 Å². The summed E-state index contributed by atoms with van der Waals surface area (Å²) >= 11 is 0. The summed E-state index contributed by atoms with van der Waals surface area (Å²) in [6.07, 6.45) is 5.15. The van der Waals surface area contributed by atoms with Crippen LogP contribution in [-0.2, 0) is 0 Å². The number of rotatable bonds is 2. The molecule has 2 aliphatic heterocycles. The molecule has 1 radical (unpaired) electrons. The Kier molecular flexibility index (Phi) is 2.83. The molecule has 3 rings (SSSR count). The van der Waals surface area contributed by atoms with E-state index in [0.29, 0.717) is 12.1 Å². The van der Waals surface area contributed by atoms with Crippen molar-refractivity contribution in [1.29, 1.82) is 0 Å². The van der Waals surface area contributed by atoms with Crippen molar-refractivity contribution in [1.82, 2.24) is 5.32 Å². The summed E-state index contributed by atoms with van der Waals surface area (Å²) in [5, 5.41) is 3.57. The first-order valence-electron chi connectivity index (χ1n) is 6.56. The lowest BCUT2D eigenvalue weighted by Gasteiger charge is -2.29. The predicted molar refractivity (Wildman–Crippen MR) is 69.0 cm³/mol. The van der Waals surface area contributed by atoms with Gasteiger partial charge in [0.1, 0.15) is 11.9 Å². The third kappa shape index (κ3) is 2.32. The van der Waals surface area contributed by atoms with Crippen LogP contribution in [-0.4, -0.2) is 12.1 Å². The molecule has 2 atom stereocenters. The minimum Gasteiger partial charge on any atom is -0.490 e. The van der Waals surface area contributed by atoms with Crippen LogP contribution in [0.4, 0.5) is 0 Å². The number of ether oxygens (including phenoxy) is 1. The molecule has 2 heteroatoms. The molecule has 0 spiro atoms. The number of piperidine rings is 1. The van der Waals surface area contributed by atoms with E-state index in [-0.39, 0.29) is 0 Å². The quantitative estimate of drug-likeness (QED) is 0.842. The van der Waals surface area contributed by atoms with E-state index in [2.05, 4.69) is 37.4 Å². The maximum atomic E-state index is 6.16. The largest absolute Gasteiger partial charge is 0.490 e. The first-order valence-corrected chi connectivity index (χ1v) is 6.56. The smallest absolute Gasteiger partial charge is 0.122 e.